The Morgan fingerprint density at radius 3 is 1.14 bits per heavy atom. The second-order valence-corrected chi connectivity index (χ2v) is 4.81. The summed E-state index contributed by atoms with van der Waals surface area (Å²) >= 11 is 0. The van der Waals surface area contributed by atoms with Gasteiger partial charge in [-0.3, -0.25) is 14.4 Å². The van der Waals surface area contributed by atoms with E-state index in [1.807, 2.05) is 7.05 Å². The number of nitrogens with zero attached hydrogens (tertiary/aromatic N) is 1. The van der Waals surface area contributed by atoms with Crippen LogP contribution in [0.3, 0.4) is 0 Å². The van der Waals surface area contributed by atoms with Gasteiger partial charge in [0.25, 0.3) is 0 Å². The third-order valence-corrected chi connectivity index (χ3v) is 2.81. The van der Waals surface area contributed by atoms with E-state index in [0.29, 0.717) is 24.1 Å². The van der Waals surface area contributed by atoms with E-state index in [2.05, 4.69) is 0 Å². The van der Waals surface area contributed by atoms with Crippen LogP contribution in [0, 0.1) is 0 Å². The lowest BCUT2D eigenvalue weighted by atomic mass is 10.3. The number of carbonyl (C=O) groups excluding carboxylic acids is 3. The molecule has 0 aromatic rings. The van der Waals surface area contributed by atoms with Crippen LogP contribution in [-0.2, 0) is 28.6 Å². The molecule has 0 aromatic heterocycles. The maximum absolute atomic E-state index is 10.8. The number of ether oxygens (including phenoxy) is 3. The van der Waals surface area contributed by atoms with Crippen molar-refractivity contribution in [1.29, 1.82) is 0 Å². The fourth-order valence-electron chi connectivity index (χ4n) is 1.56. The summed E-state index contributed by atoms with van der Waals surface area (Å²) in [4.78, 5) is 32.3. The zero-order valence-electron chi connectivity index (χ0n) is 13.0. The third kappa shape index (κ3) is 13.4. The van der Waals surface area contributed by atoms with E-state index in [1.54, 1.807) is 0 Å². The van der Waals surface area contributed by atoms with Crippen molar-refractivity contribution in [1.82, 2.24) is 0 Å². The highest BCUT2D eigenvalue weighted by Crippen LogP contribution is 2.03. The van der Waals surface area contributed by atoms with Gasteiger partial charge < -0.3 is 31.1 Å². The lowest BCUT2D eigenvalue weighted by molar-refractivity contribution is -0.910. The van der Waals surface area contributed by atoms with Crippen LogP contribution in [0.1, 0.15) is 20.8 Å². The summed E-state index contributed by atoms with van der Waals surface area (Å²) in [6, 6.07) is 0. The maximum atomic E-state index is 10.8. The number of hydrogen-bond acceptors (Lipinski definition) is 6. The average molecular weight is 326 g/mol. The molecule has 0 N–H and O–H groups in total. The van der Waals surface area contributed by atoms with Gasteiger partial charge in [0.05, 0.1) is 7.05 Å². The largest absolute Gasteiger partial charge is 1.00 e. The Kier molecular flexibility index (Phi) is 11.8. The average Bonchev–Trinajstić information content (AvgIpc) is 2.27. The molecule has 0 aliphatic rings. The normalized spacial score (nSPS) is 10.3. The maximum Gasteiger partial charge on any atom is 0.302 e. The molecule has 0 heterocycles. The molecule has 21 heavy (non-hydrogen) atoms. The molecule has 0 rings (SSSR count). The van der Waals surface area contributed by atoms with E-state index >= 15 is 0 Å². The highest BCUT2D eigenvalue weighted by molar-refractivity contribution is 5.66. The minimum atomic E-state index is -0.337. The van der Waals surface area contributed by atoms with Gasteiger partial charge in [-0.25, -0.2) is 0 Å². The molecule has 124 valence electrons. The molecule has 0 aliphatic carbocycles. The summed E-state index contributed by atoms with van der Waals surface area (Å²) in [5.41, 5.74) is 0. The Balaban J connectivity index is 0. The molecule has 0 atom stereocenters. The molecule has 0 saturated heterocycles. The SMILES string of the molecule is CC(=O)OCC[N+](C)(CCOC(C)=O)CCOC(C)=O.[Cl-]. The first-order valence-electron chi connectivity index (χ1n) is 6.49. The number of carbonyl (C=O) groups is 3. The molecule has 0 aromatic carbocycles. The predicted molar refractivity (Wildman–Crippen MR) is 70.7 cm³/mol. The van der Waals surface area contributed by atoms with Crippen molar-refractivity contribution in [2.45, 2.75) is 20.8 Å². The summed E-state index contributed by atoms with van der Waals surface area (Å²) < 4.78 is 15.2. The summed E-state index contributed by atoms with van der Waals surface area (Å²) in [7, 11) is 1.93. The van der Waals surface area contributed by atoms with Gasteiger partial charge in [-0.1, -0.05) is 0 Å². The van der Waals surface area contributed by atoms with Crippen LogP contribution in [0.25, 0.3) is 0 Å². The van der Waals surface area contributed by atoms with Gasteiger partial charge in [-0.15, -0.1) is 0 Å². The zero-order chi connectivity index (χ0) is 15.6. The van der Waals surface area contributed by atoms with Crippen LogP contribution in [0.5, 0.6) is 0 Å². The van der Waals surface area contributed by atoms with E-state index in [-0.39, 0.29) is 50.1 Å². The number of rotatable bonds is 9. The number of likely N-dealkylation sites (N-methyl/N-ethyl adjacent to an activating group) is 1. The van der Waals surface area contributed by atoms with Crippen molar-refractivity contribution < 1.29 is 45.5 Å². The highest BCUT2D eigenvalue weighted by atomic mass is 35.5. The molecule has 8 heteroatoms. The van der Waals surface area contributed by atoms with Crippen LogP contribution in [0.2, 0.25) is 0 Å². The van der Waals surface area contributed by atoms with Gasteiger partial charge in [0.1, 0.15) is 39.5 Å². The minimum absolute atomic E-state index is 0. The standard InChI is InChI=1S/C13H24NO6.ClH/c1-11(15)18-8-5-14(4,6-9-19-12(2)16)7-10-20-13(3)17;/h5-10H2,1-4H3;1H/q+1;/p-1. The number of halogens is 1. The number of esters is 3. The topological polar surface area (TPSA) is 78.9 Å². The Hall–Kier alpha value is -1.34. The molecule has 0 aliphatic heterocycles. The Morgan fingerprint density at radius 1 is 0.714 bits per heavy atom. The van der Waals surface area contributed by atoms with E-state index in [1.165, 1.54) is 20.8 Å². The van der Waals surface area contributed by atoms with Crippen molar-refractivity contribution in [3.63, 3.8) is 0 Å². The molecule has 0 amide bonds. The van der Waals surface area contributed by atoms with Crippen LogP contribution in [0.4, 0.5) is 0 Å². The van der Waals surface area contributed by atoms with Gasteiger partial charge in [-0.05, 0) is 0 Å². The van der Waals surface area contributed by atoms with E-state index < -0.39 is 0 Å². The second kappa shape index (κ2) is 11.3. The van der Waals surface area contributed by atoms with Gasteiger partial charge in [-0.2, -0.15) is 0 Å². The molecular formula is C13H24ClNO6. The number of quaternary nitrogens is 1. The van der Waals surface area contributed by atoms with Crippen LogP contribution in [-0.4, -0.2) is 68.9 Å². The molecule has 0 fully saturated rings. The first-order valence-corrected chi connectivity index (χ1v) is 6.49. The van der Waals surface area contributed by atoms with E-state index in [0.717, 1.165) is 0 Å². The first-order chi connectivity index (χ1) is 9.25. The fourth-order valence-corrected chi connectivity index (χ4v) is 1.56. The zero-order valence-corrected chi connectivity index (χ0v) is 13.8. The van der Waals surface area contributed by atoms with Crippen LogP contribution < -0.4 is 12.4 Å². The predicted octanol–water partition coefficient (Wildman–Crippen LogP) is -2.87. The highest BCUT2D eigenvalue weighted by Gasteiger charge is 2.22. The molecule has 0 unspecified atom stereocenters. The van der Waals surface area contributed by atoms with Crippen molar-refractivity contribution in [2.75, 3.05) is 46.5 Å². The molecule has 0 bridgehead atoms. The summed E-state index contributed by atoms with van der Waals surface area (Å²) in [5, 5.41) is 0. The van der Waals surface area contributed by atoms with Crippen molar-refractivity contribution in [2.24, 2.45) is 0 Å². The van der Waals surface area contributed by atoms with Crippen LogP contribution in [0.15, 0.2) is 0 Å². The Bertz CT molecular complexity index is 297. The molecule has 0 spiro atoms. The van der Waals surface area contributed by atoms with Crippen molar-refractivity contribution in [3.05, 3.63) is 0 Å². The quantitative estimate of drug-likeness (QED) is 0.257. The molecular weight excluding hydrogens is 302 g/mol. The molecule has 7 nitrogen and oxygen atoms in total. The number of hydrogen-bond donors (Lipinski definition) is 0. The van der Waals surface area contributed by atoms with Gasteiger partial charge >= 0.3 is 17.9 Å². The summed E-state index contributed by atoms with van der Waals surface area (Å²) in [5.74, 6) is -1.01. The van der Waals surface area contributed by atoms with E-state index in [4.69, 9.17) is 14.2 Å². The smallest absolute Gasteiger partial charge is 0.302 e. The molecule has 0 saturated carbocycles. The lowest BCUT2D eigenvalue weighted by Gasteiger charge is -2.33. The van der Waals surface area contributed by atoms with E-state index in [9.17, 15) is 14.4 Å². The van der Waals surface area contributed by atoms with Crippen LogP contribution >= 0.6 is 0 Å². The first kappa shape index (κ1) is 21.9. The van der Waals surface area contributed by atoms with Crippen molar-refractivity contribution in [3.8, 4) is 0 Å². The lowest BCUT2D eigenvalue weighted by Crippen LogP contribution is -3.00. The fraction of sp³-hybridized carbons (Fsp3) is 0.769. The Labute approximate surface area is 131 Å². The van der Waals surface area contributed by atoms with Gasteiger partial charge in [0.15, 0.2) is 0 Å². The minimum Gasteiger partial charge on any atom is -1.00 e. The van der Waals surface area contributed by atoms with Gasteiger partial charge in [0, 0.05) is 20.8 Å². The summed E-state index contributed by atoms with van der Waals surface area (Å²) in [6.07, 6.45) is 0. The van der Waals surface area contributed by atoms with Gasteiger partial charge in [0.2, 0.25) is 0 Å². The van der Waals surface area contributed by atoms with Crippen molar-refractivity contribution >= 4 is 17.9 Å². The monoisotopic (exact) mass is 325 g/mol. The second-order valence-electron chi connectivity index (χ2n) is 4.81. The Morgan fingerprint density at radius 2 is 0.952 bits per heavy atom. The third-order valence-electron chi connectivity index (χ3n) is 2.81. The summed E-state index contributed by atoms with van der Waals surface area (Å²) in [6.45, 7) is 6.53. The molecule has 0 radical (unpaired) electrons.